The van der Waals surface area contributed by atoms with Gasteiger partial charge in [-0.2, -0.15) is 0 Å². The Hall–Kier alpha value is -1.59. The number of aliphatic hydroxyl groups is 1. The SMILES string of the molecule is CCNCC.CCO.O=C(O)c1ccccc1O. The van der Waals surface area contributed by atoms with Gasteiger partial charge in [0.2, 0.25) is 0 Å². The second kappa shape index (κ2) is 13.5. The number of hydrogen-bond acceptors (Lipinski definition) is 4. The molecule has 104 valence electrons. The van der Waals surface area contributed by atoms with Crippen molar-refractivity contribution in [2.24, 2.45) is 0 Å². The van der Waals surface area contributed by atoms with Gasteiger partial charge in [0.1, 0.15) is 11.3 Å². The van der Waals surface area contributed by atoms with Gasteiger partial charge in [-0.15, -0.1) is 0 Å². The van der Waals surface area contributed by atoms with Gasteiger partial charge in [-0.05, 0) is 32.1 Å². The molecule has 0 saturated heterocycles. The molecule has 0 unspecified atom stereocenters. The molecule has 1 aromatic rings. The van der Waals surface area contributed by atoms with Crippen LogP contribution in [0.2, 0.25) is 0 Å². The Morgan fingerprint density at radius 2 is 1.61 bits per heavy atom. The maximum absolute atomic E-state index is 10.3. The maximum Gasteiger partial charge on any atom is 0.339 e. The van der Waals surface area contributed by atoms with E-state index in [4.69, 9.17) is 15.3 Å². The van der Waals surface area contributed by atoms with Crippen LogP contribution in [0.3, 0.4) is 0 Å². The van der Waals surface area contributed by atoms with E-state index in [1.807, 2.05) is 0 Å². The van der Waals surface area contributed by atoms with Crippen molar-refractivity contribution in [3.8, 4) is 5.75 Å². The molecule has 0 amide bonds. The van der Waals surface area contributed by atoms with Gasteiger partial charge in [-0.3, -0.25) is 0 Å². The summed E-state index contributed by atoms with van der Waals surface area (Å²) < 4.78 is 0. The lowest BCUT2D eigenvalue weighted by Crippen LogP contribution is -2.09. The van der Waals surface area contributed by atoms with Crippen LogP contribution in [-0.4, -0.2) is 41.0 Å². The minimum Gasteiger partial charge on any atom is -0.507 e. The van der Waals surface area contributed by atoms with Crippen molar-refractivity contribution < 1.29 is 20.1 Å². The van der Waals surface area contributed by atoms with Crippen molar-refractivity contribution in [1.29, 1.82) is 0 Å². The zero-order chi connectivity index (χ0) is 14.4. The van der Waals surface area contributed by atoms with Crippen molar-refractivity contribution in [3.63, 3.8) is 0 Å². The highest BCUT2D eigenvalue weighted by Gasteiger charge is 2.05. The van der Waals surface area contributed by atoms with E-state index < -0.39 is 5.97 Å². The van der Waals surface area contributed by atoms with Gasteiger partial charge in [0.05, 0.1) is 0 Å². The van der Waals surface area contributed by atoms with E-state index in [2.05, 4.69) is 19.2 Å². The number of hydrogen-bond donors (Lipinski definition) is 4. The molecule has 5 nitrogen and oxygen atoms in total. The largest absolute Gasteiger partial charge is 0.507 e. The molecular weight excluding hydrogens is 234 g/mol. The molecule has 0 aromatic heterocycles. The van der Waals surface area contributed by atoms with Gasteiger partial charge in [-0.1, -0.05) is 26.0 Å². The Morgan fingerprint density at radius 3 is 1.83 bits per heavy atom. The first-order chi connectivity index (χ1) is 8.54. The van der Waals surface area contributed by atoms with Crippen molar-refractivity contribution in [1.82, 2.24) is 5.32 Å². The first-order valence-corrected chi connectivity index (χ1v) is 5.87. The molecule has 0 aliphatic carbocycles. The number of nitrogens with one attached hydrogen (secondary N) is 1. The molecule has 0 fully saturated rings. The molecule has 1 aromatic carbocycles. The fourth-order valence-electron chi connectivity index (χ4n) is 0.904. The second-order valence-electron chi connectivity index (χ2n) is 3.10. The molecule has 0 heterocycles. The minimum absolute atomic E-state index is 0.0671. The summed E-state index contributed by atoms with van der Waals surface area (Å²) in [4.78, 5) is 10.3. The summed E-state index contributed by atoms with van der Waals surface area (Å²) in [6.45, 7) is 8.32. The van der Waals surface area contributed by atoms with Crippen LogP contribution in [0.1, 0.15) is 31.1 Å². The van der Waals surface area contributed by atoms with Gasteiger partial charge in [0.25, 0.3) is 0 Å². The number of benzene rings is 1. The van der Waals surface area contributed by atoms with E-state index >= 15 is 0 Å². The topological polar surface area (TPSA) is 89.8 Å². The number of carbonyl (C=O) groups is 1. The highest BCUT2D eigenvalue weighted by molar-refractivity contribution is 5.90. The predicted octanol–water partition coefficient (Wildman–Crippen LogP) is 1.70. The number of para-hydroxylation sites is 1. The van der Waals surface area contributed by atoms with Gasteiger partial charge in [-0.25, -0.2) is 4.79 Å². The Kier molecular flexibility index (Phi) is 14.0. The summed E-state index contributed by atoms with van der Waals surface area (Å²) in [6.07, 6.45) is 0. The Morgan fingerprint density at radius 1 is 1.17 bits per heavy atom. The Balaban J connectivity index is 0. The maximum atomic E-state index is 10.3. The normalized spacial score (nSPS) is 8.44. The highest BCUT2D eigenvalue weighted by atomic mass is 16.4. The van der Waals surface area contributed by atoms with Crippen molar-refractivity contribution in [3.05, 3.63) is 29.8 Å². The van der Waals surface area contributed by atoms with Crippen LogP contribution >= 0.6 is 0 Å². The van der Waals surface area contributed by atoms with E-state index in [0.717, 1.165) is 13.1 Å². The summed E-state index contributed by atoms with van der Waals surface area (Å²) in [5.74, 6) is -1.31. The minimum atomic E-state index is -1.11. The summed E-state index contributed by atoms with van der Waals surface area (Å²) in [7, 11) is 0. The van der Waals surface area contributed by atoms with Crippen LogP contribution < -0.4 is 5.32 Å². The smallest absolute Gasteiger partial charge is 0.339 e. The number of carboxylic acid groups (broad SMARTS) is 1. The van der Waals surface area contributed by atoms with Crippen molar-refractivity contribution >= 4 is 5.97 Å². The summed E-state index contributed by atoms with van der Waals surface area (Å²) in [6, 6.07) is 5.81. The van der Waals surface area contributed by atoms with Crippen LogP contribution in [0.15, 0.2) is 24.3 Å². The summed E-state index contributed by atoms with van der Waals surface area (Å²) >= 11 is 0. The van der Waals surface area contributed by atoms with Gasteiger partial charge >= 0.3 is 5.97 Å². The quantitative estimate of drug-likeness (QED) is 0.662. The third-order valence-corrected chi connectivity index (χ3v) is 1.63. The molecule has 1 rings (SSSR count). The number of carboxylic acids is 1. The van der Waals surface area contributed by atoms with E-state index in [0.29, 0.717) is 0 Å². The number of aromatic hydroxyl groups is 1. The fourth-order valence-corrected chi connectivity index (χ4v) is 0.904. The zero-order valence-corrected chi connectivity index (χ0v) is 11.2. The third kappa shape index (κ3) is 10.9. The zero-order valence-electron chi connectivity index (χ0n) is 11.2. The fraction of sp³-hybridized carbons (Fsp3) is 0.462. The van der Waals surface area contributed by atoms with Crippen LogP contribution in [0.25, 0.3) is 0 Å². The molecule has 0 atom stereocenters. The van der Waals surface area contributed by atoms with Crippen LogP contribution in [0.5, 0.6) is 5.75 Å². The van der Waals surface area contributed by atoms with Crippen molar-refractivity contribution in [2.75, 3.05) is 19.7 Å². The van der Waals surface area contributed by atoms with E-state index in [1.165, 1.54) is 12.1 Å². The summed E-state index contributed by atoms with van der Waals surface area (Å²) in [5, 5.41) is 28.0. The number of aliphatic hydroxyl groups excluding tert-OH is 1. The third-order valence-electron chi connectivity index (χ3n) is 1.63. The number of aromatic carboxylic acids is 1. The van der Waals surface area contributed by atoms with E-state index in [-0.39, 0.29) is 17.9 Å². The lowest BCUT2D eigenvalue weighted by atomic mass is 10.2. The first-order valence-electron chi connectivity index (χ1n) is 5.87. The molecule has 0 aliphatic rings. The van der Waals surface area contributed by atoms with Crippen LogP contribution in [-0.2, 0) is 0 Å². The molecule has 5 heteroatoms. The van der Waals surface area contributed by atoms with Gasteiger partial charge in [0.15, 0.2) is 0 Å². The van der Waals surface area contributed by atoms with Crippen molar-refractivity contribution in [2.45, 2.75) is 20.8 Å². The molecule has 18 heavy (non-hydrogen) atoms. The molecule has 0 saturated carbocycles. The number of phenols is 1. The molecule has 0 aliphatic heterocycles. The average molecular weight is 257 g/mol. The standard InChI is InChI=1S/C7H6O3.C4H11N.C2H6O/c8-6-4-2-1-3-5(6)7(9)10;1-3-5-4-2;1-2-3/h1-4,8H,(H,9,10);5H,3-4H2,1-2H3;3H,2H2,1H3. The van der Waals surface area contributed by atoms with Gasteiger partial charge < -0.3 is 20.6 Å². The van der Waals surface area contributed by atoms with Crippen LogP contribution in [0.4, 0.5) is 0 Å². The average Bonchev–Trinajstić information content (AvgIpc) is 2.32. The highest BCUT2D eigenvalue weighted by Crippen LogP contribution is 2.14. The molecule has 0 radical (unpaired) electrons. The Labute approximate surface area is 108 Å². The first kappa shape index (κ1) is 18.8. The van der Waals surface area contributed by atoms with Crippen LogP contribution in [0, 0.1) is 0 Å². The molecular formula is C13H23NO4. The van der Waals surface area contributed by atoms with E-state index in [9.17, 15) is 4.79 Å². The van der Waals surface area contributed by atoms with Gasteiger partial charge in [0, 0.05) is 6.61 Å². The molecule has 0 bridgehead atoms. The Bertz CT molecular complexity index is 314. The lowest BCUT2D eigenvalue weighted by Gasteiger charge is -1.95. The second-order valence-corrected chi connectivity index (χ2v) is 3.10. The monoisotopic (exact) mass is 257 g/mol. The van der Waals surface area contributed by atoms with E-state index in [1.54, 1.807) is 19.1 Å². The number of rotatable bonds is 3. The molecule has 4 N–H and O–H groups in total. The molecule has 0 spiro atoms. The predicted molar refractivity (Wildman–Crippen MR) is 72.0 cm³/mol. The summed E-state index contributed by atoms with van der Waals surface area (Å²) in [5.41, 5.74) is -0.0671. The lowest BCUT2D eigenvalue weighted by molar-refractivity contribution is 0.0693.